The van der Waals surface area contributed by atoms with Crippen molar-refractivity contribution in [3.8, 4) is 0 Å². The minimum atomic E-state index is -0.566. The maximum Gasteiger partial charge on any atom is 0.241 e. The quantitative estimate of drug-likeness (QED) is 0.654. The highest BCUT2D eigenvalue weighted by atomic mass is 16.2. The molecule has 1 aliphatic carbocycles. The van der Waals surface area contributed by atoms with Gasteiger partial charge in [0.05, 0.1) is 12.2 Å². The first-order valence-corrected chi connectivity index (χ1v) is 10.2. The maximum atomic E-state index is 13.5. The van der Waals surface area contributed by atoms with E-state index in [9.17, 15) is 4.79 Å². The smallest absolute Gasteiger partial charge is 0.241 e. The first-order valence-electron chi connectivity index (χ1n) is 10.2. The number of likely N-dealkylation sites (N-methyl/N-ethyl adjacent to an activating group) is 1. The molecule has 0 saturated carbocycles. The number of hydrogen-bond acceptors (Lipinski definition) is 3. The van der Waals surface area contributed by atoms with Gasteiger partial charge in [-0.2, -0.15) is 5.10 Å². The lowest BCUT2D eigenvalue weighted by atomic mass is 9.91. The summed E-state index contributed by atoms with van der Waals surface area (Å²) in [5, 5.41) is 10.3. The molecule has 0 unspecified atom stereocenters. The second-order valence-electron chi connectivity index (χ2n) is 8.04. The fourth-order valence-corrected chi connectivity index (χ4v) is 4.25. The molecule has 2 aromatic carbocycles. The van der Waals surface area contributed by atoms with Crippen LogP contribution in [0.25, 0.3) is 0 Å². The lowest BCUT2D eigenvalue weighted by molar-refractivity contribution is -0.132. The minimum Gasteiger partial charge on any atom is -0.349 e. The van der Waals surface area contributed by atoms with Crippen molar-refractivity contribution in [3.05, 3.63) is 88.7 Å². The van der Waals surface area contributed by atoms with Crippen LogP contribution < -0.4 is 5.32 Å². The number of hydrogen-bond donors (Lipinski definition) is 2. The zero-order valence-corrected chi connectivity index (χ0v) is 17.1. The number of aromatic amines is 1. The van der Waals surface area contributed by atoms with E-state index >= 15 is 0 Å². The van der Waals surface area contributed by atoms with Gasteiger partial charge in [0.25, 0.3) is 0 Å². The number of benzene rings is 2. The van der Waals surface area contributed by atoms with Crippen LogP contribution in [0.15, 0.2) is 60.7 Å². The van der Waals surface area contributed by atoms with E-state index in [1.54, 1.807) is 0 Å². The third-order valence-electron chi connectivity index (χ3n) is 6.01. The average molecular weight is 389 g/mol. The molecule has 5 nitrogen and oxygen atoms in total. The van der Waals surface area contributed by atoms with E-state index in [4.69, 9.17) is 0 Å². The van der Waals surface area contributed by atoms with E-state index in [1.807, 2.05) is 19.1 Å². The Balaban J connectivity index is 1.52. The number of aromatic nitrogens is 2. The molecule has 0 bridgehead atoms. The molecule has 1 amide bonds. The third-order valence-corrected chi connectivity index (χ3v) is 6.01. The summed E-state index contributed by atoms with van der Waals surface area (Å²) >= 11 is 0. The van der Waals surface area contributed by atoms with Crippen molar-refractivity contribution >= 4 is 5.91 Å². The Morgan fingerprint density at radius 3 is 2.38 bits per heavy atom. The zero-order chi connectivity index (χ0) is 20.3. The molecule has 150 valence electrons. The topological polar surface area (TPSA) is 61.0 Å². The fourth-order valence-electron chi connectivity index (χ4n) is 4.25. The Morgan fingerprint density at radius 1 is 1.10 bits per heavy atom. The number of fused-ring (bicyclic) bond motifs is 1. The van der Waals surface area contributed by atoms with Gasteiger partial charge in [-0.1, -0.05) is 54.6 Å². The zero-order valence-electron chi connectivity index (χ0n) is 17.1. The first kappa shape index (κ1) is 19.4. The lowest BCUT2D eigenvalue weighted by Gasteiger charge is -2.37. The van der Waals surface area contributed by atoms with Crippen LogP contribution in [-0.2, 0) is 30.6 Å². The van der Waals surface area contributed by atoms with E-state index < -0.39 is 5.54 Å². The van der Waals surface area contributed by atoms with Crippen LogP contribution in [0.1, 0.15) is 28.1 Å². The Kier molecular flexibility index (Phi) is 5.49. The highest BCUT2D eigenvalue weighted by molar-refractivity contribution is 5.88. The van der Waals surface area contributed by atoms with Gasteiger partial charge in [0.15, 0.2) is 0 Å². The van der Waals surface area contributed by atoms with Gasteiger partial charge in [0.2, 0.25) is 5.91 Å². The van der Waals surface area contributed by atoms with E-state index in [0.717, 1.165) is 37.2 Å². The molecule has 0 radical (unpaired) electrons. The Morgan fingerprint density at radius 2 is 1.76 bits per heavy atom. The van der Waals surface area contributed by atoms with E-state index in [2.05, 4.69) is 76.0 Å². The molecular formula is C24H28N4O. The monoisotopic (exact) mass is 388 g/mol. The molecule has 5 heteroatoms. The van der Waals surface area contributed by atoms with Crippen LogP contribution in [0.3, 0.4) is 0 Å². The maximum absolute atomic E-state index is 13.5. The molecule has 1 aliphatic rings. The number of nitrogens with one attached hydrogen (secondary N) is 2. The summed E-state index contributed by atoms with van der Waals surface area (Å²) < 4.78 is 0. The predicted octanol–water partition coefficient (Wildman–Crippen LogP) is 3.05. The SMILES string of the molecule is Cc1cc(CNC(=O)C2(N(C)CCc3ccccc3)Cc3ccccc3C2)n[nH]1. The molecular weight excluding hydrogens is 360 g/mol. The molecule has 0 aliphatic heterocycles. The van der Waals surface area contributed by atoms with Gasteiger partial charge in [-0.3, -0.25) is 14.8 Å². The van der Waals surface area contributed by atoms with Crippen LogP contribution in [0.2, 0.25) is 0 Å². The number of H-pyrrole nitrogens is 1. The van der Waals surface area contributed by atoms with E-state index in [0.29, 0.717) is 6.54 Å². The molecule has 0 saturated heterocycles. The van der Waals surface area contributed by atoms with Crippen molar-refractivity contribution in [2.45, 2.75) is 38.3 Å². The largest absolute Gasteiger partial charge is 0.349 e. The molecule has 2 N–H and O–H groups in total. The van der Waals surface area contributed by atoms with Crippen LogP contribution in [0.4, 0.5) is 0 Å². The highest BCUT2D eigenvalue weighted by Crippen LogP contribution is 2.34. The van der Waals surface area contributed by atoms with Gasteiger partial charge >= 0.3 is 0 Å². The summed E-state index contributed by atoms with van der Waals surface area (Å²) in [6.07, 6.45) is 2.39. The molecule has 0 atom stereocenters. The number of carbonyl (C=O) groups excluding carboxylic acids is 1. The Hall–Kier alpha value is -2.92. The van der Waals surface area contributed by atoms with Gasteiger partial charge in [0.1, 0.15) is 5.54 Å². The van der Waals surface area contributed by atoms with Crippen LogP contribution in [0.5, 0.6) is 0 Å². The number of rotatable bonds is 7. The average Bonchev–Trinajstić information content (AvgIpc) is 3.35. The highest BCUT2D eigenvalue weighted by Gasteiger charge is 2.46. The second-order valence-corrected chi connectivity index (χ2v) is 8.04. The van der Waals surface area contributed by atoms with Gasteiger partial charge in [-0.05, 0) is 43.1 Å². The van der Waals surface area contributed by atoms with Crippen LogP contribution >= 0.6 is 0 Å². The summed E-state index contributed by atoms with van der Waals surface area (Å²) in [5.74, 6) is 0.0740. The molecule has 1 heterocycles. The third kappa shape index (κ3) is 4.10. The van der Waals surface area contributed by atoms with Crippen LogP contribution in [-0.4, -0.2) is 40.1 Å². The second kappa shape index (κ2) is 8.21. The van der Waals surface area contributed by atoms with E-state index in [1.165, 1.54) is 16.7 Å². The summed E-state index contributed by atoms with van der Waals surface area (Å²) in [4.78, 5) is 15.7. The first-order chi connectivity index (χ1) is 14.1. The molecule has 0 fully saturated rings. The summed E-state index contributed by atoms with van der Waals surface area (Å²) in [5.41, 5.74) is 5.11. The fraction of sp³-hybridized carbons (Fsp3) is 0.333. The number of aryl methyl sites for hydroxylation is 1. The van der Waals surface area contributed by atoms with Crippen molar-refractivity contribution in [1.82, 2.24) is 20.4 Å². The van der Waals surface area contributed by atoms with Crippen LogP contribution in [0, 0.1) is 6.92 Å². The van der Waals surface area contributed by atoms with Crippen molar-refractivity contribution in [2.75, 3.05) is 13.6 Å². The number of carbonyl (C=O) groups is 1. The van der Waals surface area contributed by atoms with Gasteiger partial charge < -0.3 is 5.32 Å². The Labute approximate surface area is 172 Å². The van der Waals surface area contributed by atoms with Crippen molar-refractivity contribution in [2.24, 2.45) is 0 Å². The van der Waals surface area contributed by atoms with Crippen molar-refractivity contribution in [3.63, 3.8) is 0 Å². The molecule has 4 rings (SSSR count). The summed E-state index contributed by atoms with van der Waals surface area (Å²) in [6, 6.07) is 20.8. The molecule has 0 spiro atoms. The molecule has 29 heavy (non-hydrogen) atoms. The van der Waals surface area contributed by atoms with Crippen molar-refractivity contribution in [1.29, 1.82) is 0 Å². The number of amides is 1. The predicted molar refractivity (Wildman–Crippen MR) is 115 cm³/mol. The van der Waals surface area contributed by atoms with Gasteiger partial charge in [-0.25, -0.2) is 0 Å². The molecule has 3 aromatic rings. The normalized spacial score (nSPS) is 14.7. The summed E-state index contributed by atoms with van der Waals surface area (Å²) in [7, 11) is 2.08. The van der Waals surface area contributed by atoms with Gasteiger partial charge in [0, 0.05) is 25.1 Å². The molecule has 1 aromatic heterocycles. The summed E-state index contributed by atoms with van der Waals surface area (Å²) in [6.45, 7) is 3.23. The minimum absolute atomic E-state index is 0.0740. The number of nitrogens with zero attached hydrogens (tertiary/aromatic N) is 2. The standard InChI is InChI=1S/C24H28N4O/c1-18-14-22(27-26-18)17-25-23(29)24(15-20-10-6-7-11-21(20)16-24)28(2)13-12-19-8-4-3-5-9-19/h3-11,14H,12-13,15-17H2,1-2H3,(H,25,29)(H,26,27). The van der Waals surface area contributed by atoms with Crippen molar-refractivity contribution < 1.29 is 4.79 Å². The Bertz CT molecular complexity index is 954. The van der Waals surface area contributed by atoms with E-state index in [-0.39, 0.29) is 5.91 Å². The van der Waals surface area contributed by atoms with Gasteiger partial charge in [-0.15, -0.1) is 0 Å². The lowest BCUT2D eigenvalue weighted by Crippen LogP contribution is -2.58.